The van der Waals surface area contributed by atoms with E-state index in [0.29, 0.717) is 6.42 Å². The summed E-state index contributed by atoms with van der Waals surface area (Å²) in [5.41, 5.74) is 6.18. The van der Waals surface area contributed by atoms with E-state index in [9.17, 15) is 5.11 Å². The first-order chi connectivity index (χ1) is 5.71. The maximum Gasteiger partial charge on any atom is 0.0919 e. The second-order valence-corrected chi connectivity index (χ2v) is 4.33. The third-order valence-corrected chi connectivity index (χ3v) is 3.27. The van der Waals surface area contributed by atoms with E-state index in [2.05, 4.69) is 0 Å². The highest BCUT2D eigenvalue weighted by Crippen LogP contribution is 2.38. The summed E-state index contributed by atoms with van der Waals surface area (Å²) in [6, 6.07) is 2.16. The second-order valence-electron chi connectivity index (χ2n) is 3.55. The predicted molar refractivity (Wildman–Crippen MR) is 50.0 cm³/mol. The molecule has 1 heterocycles. The topological polar surface area (TPSA) is 46.2 Å². The molecule has 0 aliphatic heterocycles. The minimum Gasteiger partial charge on any atom is -0.385 e. The normalized spacial score (nSPS) is 35.7. The van der Waals surface area contributed by atoms with Crippen LogP contribution in [0.1, 0.15) is 24.8 Å². The van der Waals surface area contributed by atoms with Crippen LogP contribution in [0.5, 0.6) is 0 Å². The first kappa shape index (κ1) is 8.23. The lowest BCUT2D eigenvalue weighted by molar-refractivity contribution is 0.0435. The Morgan fingerprint density at radius 1 is 1.67 bits per heavy atom. The lowest BCUT2D eigenvalue weighted by Gasteiger charge is -2.20. The van der Waals surface area contributed by atoms with Gasteiger partial charge in [-0.2, -0.15) is 11.3 Å². The molecule has 0 aromatic carbocycles. The average Bonchev–Trinajstić information content (AvgIpc) is 2.59. The summed E-state index contributed by atoms with van der Waals surface area (Å²) in [5.74, 6) is 0. The van der Waals surface area contributed by atoms with Crippen molar-refractivity contribution in [2.24, 2.45) is 5.73 Å². The maximum atomic E-state index is 10.1. The van der Waals surface area contributed by atoms with Crippen LogP contribution < -0.4 is 5.73 Å². The zero-order valence-electron chi connectivity index (χ0n) is 6.86. The van der Waals surface area contributed by atoms with E-state index in [0.717, 1.165) is 18.4 Å². The molecule has 2 rings (SSSR count). The molecular formula is C9H13NOS. The van der Waals surface area contributed by atoms with Crippen LogP contribution in [0.3, 0.4) is 0 Å². The van der Waals surface area contributed by atoms with E-state index in [4.69, 9.17) is 5.73 Å². The van der Waals surface area contributed by atoms with Crippen LogP contribution in [0.2, 0.25) is 0 Å². The largest absolute Gasteiger partial charge is 0.385 e. The molecule has 1 aliphatic rings. The first-order valence-corrected chi connectivity index (χ1v) is 5.16. The van der Waals surface area contributed by atoms with Crippen LogP contribution in [-0.2, 0) is 5.60 Å². The fourth-order valence-electron chi connectivity index (χ4n) is 1.85. The summed E-state index contributed by atoms with van der Waals surface area (Å²) in [4.78, 5) is 0. The van der Waals surface area contributed by atoms with Crippen molar-refractivity contribution in [3.63, 3.8) is 0 Å². The molecule has 0 bridgehead atoms. The highest BCUT2D eigenvalue weighted by molar-refractivity contribution is 7.08. The third kappa shape index (κ3) is 1.28. The van der Waals surface area contributed by atoms with Crippen LogP contribution >= 0.6 is 11.3 Å². The van der Waals surface area contributed by atoms with Gasteiger partial charge in [0.1, 0.15) is 0 Å². The van der Waals surface area contributed by atoms with Crippen LogP contribution in [-0.4, -0.2) is 11.1 Å². The Kier molecular flexibility index (Phi) is 1.94. The van der Waals surface area contributed by atoms with Gasteiger partial charge in [0.15, 0.2) is 0 Å². The Balaban J connectivity index is 2.23. The van der Waals surface area contributed by atoms with Crippen LogP contribution in [0.25, 0.3) is 0 Å². The maximum absolute atomic E-state index is 10.1. The van der Waals surface area contributed by atoms with Gasteiger partial charge in [-0.05, 0) is 41.7 Å². The number of rotatable bonds is 1. The number of aliphatic hydroxyl groups is 1. The summed E-state index contributed by atoms with van der Waals surface area (Å²) >= 11 is 1.63. The molecule has 2 atom stereocenters. The van der Waals surface area contributed by atoms with E-state index in [-0.39, 0.29) is 6.04 Å². The van der Waals surface area contributed by atoms with E-state index < -0.39 is 5.60 Å². The average molecular weight is 183 g/mol. The molecule has 0 saturated heterocycles. The van der Waals surface area contributed by atoms with Crippen LogP contribution in [0.15, 0.2) is 16.8 Å². The minimum atomic E-state index is -0.626. The summed E-state index contributed by atoms with van der Waals surface area (Å²) in [5, 5.41) is 14.2. The Morgan fingerprint density at radius 2 is 2.50 bits per heavy atom. The number of thiophene rings is 1. The molecule has 66 valence electrons. The van der Waals surface area contributed by atoms with Gasteiger partial charge in [0.2, 0.25) is 0 Å². The SMILES string of the molecule is NC1CCC(O)(c2ccsc2)C1. The lowest BCUT2D eigenvalue weighted by atomic mass is 9.95. The van der Waals surface area contributed by atoms with E-state index in [1.807, 2.05) is 16.8 Å². The fourth-order valence-corrected chi connectivity index (χ4v) is 2.60. The first-order valence-electron chi connectivity index (χ1n) is 4.21. The second kappa shape index (κ2) is 2.83. The molecule has 1 fully saturated rings. The lowest BCUT2D eigenvalue weighted by Crippen LogP contribution is -2.24. The summed E-state index contributed by atoms with van der Waals surface area (Å²) in [6.07, 6.45) is 2.46. The molecule has 2 nitrogen and oxygen atoms in total. The molecule has 1 aromatic heterocycles. The van der Waals surface area contributed by atoms with Gasteiger partial charge >= 0.3 is 0 Å². The van der Waals surface area contributed by atoms with Crippen molar-refractivity contribution < 1.29 is 5.11 Å². The monoisotopic (exact) mass is 183 g/mol. The quantitative estimate of drug-likeness (QED) is 0.692. The standard InChI is InChI=1S/C9H13NOS/c10-8-1-3-9(11,5-8)7-2-4-12-6-7/h2,4,6,8,11H,1,3,5,10H2. The van der Waals surface area contributed by atoms with Gasteiger partial charge in [-0.25, -0.2) is 0 Å². The summed E-state index contributed by atoms with van der Waals surface area (Å²) in [7, 11) is 0. The highest BCUT2D eigenvalue weighted by atomic mass is 32.1. The molecule has 3 heteroatoms. The van der Waals surface area contributed by atoms with Crippen LogP contribution in [0, 0.1) is 0 Å². The van der Waals surface area contributed by atoms with Crippen molar-refractivity contribution in [1.82, 2.24) is 0 Å². The van der Waals surface area contributed by atoms with Crippen molar-refractivity contribution >= 4 is 11.3 Å². The van der Waals surface area contributed by atoms with Gasteiger partial charge in [-0.15, -0.1) is 0 Å². The molecule has 12 heavy (non-hydrogen) atoms. The summed E-state index contributed by atoms with van der Waals surface area (Å²) in [6.45, 7) is 0. The zero-order valence-corrected chi connectivity index (χ0v) is 7.68. The Morgan fingerprint density at radius 3 is 3.00 bits per heavy atom. The van der Waals surface area contributed by atoms with Crippen molar-refractivity contribution in [3.05, 3.63) is 22.4 Å². The molecular weight excluding hydrogens is 170 g/mol. The fraction of sp³-hybridized carbons (Fsp3) is 0.556. The Bertz CT molecular complexity index is 260. The number of hydrogen-bond acceptors (Lipinski definition) is 3. The molecule has 0 spiro atoms. The van der Waals surface area contributed by atoms with Gasteiger partial charge in [0.05, 0.1) is 5.60 Å². The summed E-state index contributed by atoms with van der Waals surface area (Å²) < 4.78 is 0. The van der Waals surface area contributed by atoms with E-state index in [1.165, 1.54) is 0 Å². The molecule has 0 radical (unpaired) electrons. The van der Waals surface area contributed by atoms with Crippen molar-refractivity contribution in [2.45, 2.75) is 30.9 Å². The molecule has 1 aromatic rings. The Labute approximate surface area is 76.0 Å². The molecule has 1 aliphatic carbocycles. The predicted octanol–water partition coefficient (Wildman–Crippen LogP) is 1.45. The van der Waals surface area contributed by atoms with Crippen molar-refractivity contribution in [3.8, 4) is 0 Å². The smallest absolute Gasteiger partial charge is 0.0919 e. The van der Waals surface area contributed by atoms with Crippen molar-refractivity contribution in [1.29, 1.82) is 0 Å². The Hall–Kier alpha value is -0.380. The number of nitrogens with two attached hydrogens (primary N) is 1. The minimum absolute atomic E-state index is 0.176. The molecule has 1 saturated carbocycles. The van der Waals surface area contributed by atoms with Gasteiger partial charge in [-0.3, -0.25) is 0 Å². The third-order valence-electron chi connectivity index (χ3n) is 2.59. The van der Waals surface area contributed by atoms with Crippen molar-refractivity contribution in [2.75, 3.05) is 0 Å². The van der Waals surface area contributed by atoms with E-state index in [1.54, 1.807) is 11.3 Å². The molecule has 0 amide bonds. The van der Waals surface area contributed by atoms with Gasteiger partial charge < -0.3 is 10.8 Å². The zero-order chi connectivity index (χ0) is 8.60. The van der Waals surface area contributed by atoms with Gasteiger partial charge in [0.25, 0.3) is 0 Å². The highest BCUT2D eigenvalue weighted by Gasteiger charge is 2.37. The van der Waals surface area contributed by atoms with Crippen LogP contribution in [0.4, 0.5) is 0 Å². The van der Waals surface area contributed by atoms with Gasteiger partial charge in [-0.1, -0.05) is 0 Å². The van der Waals surface area contributed by atoms with Gasteiger partial charge in [0, 0.05) is 6.04 Å². The molecule has 2 unspecified atom stereocenters. The number of hydrogen-bond donors (Lipinski definition) is 2. The van der Waals surface area contributed by atoms with E-state index >= 15 is 0 Å². The molecule has 3 N–H and O–H groups in total.